The molecule has 0 amide bonds. The van der Waals surface area contributed by atoms with Gasteiger partial charge in [-0.3, -0.25) is 0 Å². The van der Waals surface area contributed by atoms with Crippen molar-refractivity contribution >= 4 is 11.7 Å². The highest BCUT2D eigenvalue weighted by atomic mass is 16.7. The fourth-order valence-electron chi connectivity index (χ4n) is 1.92. The first kappa shape index (κ1) is 11.5. The standard InChI is InChI=1S/C16H12O3/c17-15-11-14(12-7-3-1-4-8-12)18-16(19-15)13-9-5-2-6-10-13/h1-11,16H/t16-/m1/s1. The highest BCUT2D eigenvalue weighted by molar-refractivity contribution is 5.90. The van der Waals surface area contributed by atoms with E-state index in [0.29, 0.717) is 5.76 Å². The molecule has 0 unspecified atom stereocenters. The molecule has 1 heterocycles. The Morgan fingerprint density at radius 3 is 2.11 bits per heavy atom. The molecule has 1 aliphatic heterocycles. The molecule has 3 nitrogen and oxygen atoms in total. The van der Waals surface area contributed by atoms with E-state index in [1.54, 1.807) is 0 Å². The zero-order valence-electron chi connectivity index (χ0n) is 10.2. The van der Waals surface area contributed by atoms with Crippen molar-refractivity contribution in [2.75, 3.05) is 0 Å². The van der Waals surface area contributed by atoms with Crippen LogP contribution >= 0.6 is 0 Å². The van der Waals surface area contributed by atoms with Gasteiger partial charge in [-0.05, 0) is 0 Å². The summed E-state index contributed by atoms with van der Waals surface area (Å²) in [6.45, 7) is 0. The van der Waals surface area contributed by atoms with Crippen LogP contribution in [0, 0.1) is 0 Å². The molecule has 3 heteroatoms. The number of ether oxygens (including phenoxy) is 2. The Kier molecular flexibility index (Phi) is 3.02. The van der Waals surface area contributed by atoms with Crippen LogP contribution in [-0.2, 0) is 14.3 Å². The van der Waals surface area contributed by atoms with Crippen molar-refractivity contribution in [3.63, 3.8) is 0 Å². The number of hydrogen-bond donors (Lipinski definition) is 0. The smallest absolute Gasteiger partial charge is 0.337 e. The minimum absolute atomic E-state index is 0.390. The molecule has 0 aliphatic carbocycles. The Hall–Kier alpha value is -2.55. The fraction of sp³-hybridized carbons (Fsp3) is 0.0625. The van der Waals surface area contributed by atoms with E-state index < -0.39 is 6.29 Å². The van der Waals surface area contributed by atoms with Crippen LogP contribution in [0.4, 0.5) is 0 Å². The minimum Gasteiger partial charge on any atom is -0.450 e. The summed E-state index contributed by atoms with van der Waals surface area (Å²) in [6.07, 6.45) is 0.684. The second-order valence-electron chi connectivity index (χ2n) is 4.17. The quantitative estimate of drug-likeness (QED) is 0.769. The average Bonchev–Trinajstić information content (AvgIpc) is 2.48. The van der Waals surface area contributed by atoms with Gasteiger partial charge in [0.1, 0.15) is 5.76 Å². The van der Waals surface area contributed by atoms with Crippen molar-refractivity contribution in [3.8, 4) is 0 Å². The molecule has 94 valence electrons. The summed E-state index contributed by atoms with van der Waals surface area (Å²) in [5.74, 6) is 0.143. The summed E-state index contributed by atoms with van der Waals surface area (Å²) in [7, 11) is 0. The van der Waals surface area contributed by atoms with E-state index in [0.717, 1.165) is 11.1 Å². The molecule has 0 spiro atoms. The third-order valence-electron chi connectivity index (χ3n) is 2.84. The molecule has 0 saturated heterocycles. The first-order chi connectivity index (χ1) is 9.33. The number of cyclic esters (lactones) is 1. The van der Waals surface area contributed by atoms with E-state index in [9.17, 15) is 4.79 Å². The SMILES string of the molecule is O=C1C=C(c2ccccc2)O[C@@H](c2ccccc2)O1. The predicted octanol–water partition coefficient (Wildman–Crippen LogP) is 3.30. The average molecular weight is 252 g/mol. The highest BCUT2D eigenvalue weighted by Crippen LogP contribution is 2.30. The molecule has 1 aliphatic rings. The molecular formula is C16H12O3. The first-order valence-electron chi connectivity index (χ1n) is 6.02. The van der Waals surface area contributed by atoms with Crippen LogP contribution in [0.25, 0.3) is 5.76 Å². The zero-order chi connectivity index (χ0) is 13.1. The predicted molar refractivity (Wildman–Crippen MR) is 70.8 cm³/mol. The van der Waals surface area contributed by atoms with Crippen LogP contribution in [0.3, 0.4) is 0 Å². The van der Waals surface area contributed by atoms with E-state index in [2.05, 4.69) is 0 Å². The topological polar surface area (TPSA) is 35.5 Å². The number of hydrogen-bond acceptors (Lipinski definition) is 3. The van der Waals surface area contributed by atoms with Crippen molar-refractivity contribution in [1.29, 1.82) is 0 Å². The van der Waals surface area contributed by atoms with Gasteiger partial charge in [0.15, 0.2) is 0 Å². The van der Waals surface area contributed by atoms with Crippen molar-refractivity contribution < 1.29 is 14.3 Å². The third-order valence-corrected chi connectivity index (χ3v) is 2.84. The van der Waals surface area contributed by atoms with Crippen molar-refractivity contribution in [1.82, 2.24) is 0 Å². The first-order valence-corrected chi connectivity index (χ1v) is 6.02. The molecule has 19 heavy (non-hydrogen) atoms. The van der Waals surface area contributed by atoms with Gasteiger partial charge in [-0.15, -0.1) is 0 Å². The van der Waals surface area contributed by atoms with Crippen LogP contribution in [0.2, 0.25) is 0 Å². The van der Waals surface area contributed by atoms with Crippen molar-refractivity contribution in [2.24, 2.45) is 0 Å². The molecule has 1 atom stereocenters. The second kappa shape index (κ2) is 4.98. The maximum Gasteiger partial charge on any atom is 0.337 e. The number of carbonyl (C=O) groups is 1. The van der Waals surface area contributed by atoms with Gasteiger partial charge < -0.3 is 9.47 Å². The molecule has 0 aromatic heterocycles. The number of esters is 1. The highest BCUT2D eigenvalue weighted by Gasteiger charge is 2.24. The van der Waals surface area contributed by atoms with Crippen LogP contribution in [0.5, 0.6) is 0 Å². The van der Waals surface area contributed by atoms with Crippen molar-refractivity contribution in [2.45, 2.75) is 6.29 Å². The third kappa shape index (κ3) is 2.50. The van der Waals surface area contributed by atoms with Gasteiger partial charge in [-0.1, -0.05) is 60.7 Å². The van der Waals surface area contributed by atoms with Crippen LogP contribution in [0.15, 0.2) is 66.7 Å². The van der Waals surface area contributed by atoms with Gasteiger partial charge in [0, 0.05) is 11.1 Å². The maximum absolute atomic E-state index is 11.7. The summed E-state index contributed by atoms with van der Waals surface area (Å²) in [4.78, 5) is 11.7. The lowest BCUT2D eigenvalue weighted by atomic mass is 10.1. The summed E-state index contributed by atoms with van der Waals surface area (Å²) < 4.78 is 10.9. The van der Waals surface area contributed by atoms with Gasteiger partial charge in [0.25, 0.3) is 6.29 Å². The van der Waals surface area contributed by atoms with Gasteiger partial charge in [-0.2, -0.15) is 0 Å². The minimum atomic E-state index is -0.686. The van der Waals surface area contributed by atoms with Gasteiger partial charge >= 0.3 is 5.97 Å². The molecule has 0 radical (unpaired) electrons. The lowest BCUT2D eigenvalue weighted by Gasteiger charge is -2.24. The Morgan fingerprint density at radius 2 is 1.42 bits per heavy atom. The van der Waals surface area contributed by atoms with E-state index in [4.69, 9.17) is 9.47 Å². The molecule has 2 aromatic rings. The number of rotatable bonds is 2. The Balaban J connectivity index is 1.90. The normalized spacial score (nSPS) is 18.2. The van der Waals surface area contributed by atoms with E-state index in [1.165, 1.54) is 6.08 Å². The number of benzene rings is 2. The Morgan fingerprint density at radius 1 is 0.789 bits per heavy atom. The van der Waals surface area contributed by atoms with E-state index >= 15 is 0 Å². The van der Waals surface area contributed by atoms with E-state index in [-0.39, 0.29) is 5.97 Å². The number of carbonyl (C=O) groups excluding carboxylic acids is 1. The summed E-state index contributed by atoms with van der Waals surface area (Å²) in [6, 6.07) is 18.9. The van der Waals surface area contributed by atoms with Gasteiger partial charge in [0.05, 0.1) is 6.08 Å². The lowest BCUT2D eigenvalue weighted by Crippen LogP contribution is -2.18. The fourth-order valence-corrected chi connectivity index (χ4v) is 1.92. The van der Waals surface area contributed by atoms with Crippen LogP contribution in [0.1, 0.15) is 17.4 Å². The largest absolute Gasteiger partial charge is 0.450 e. The molecule has 0 bridgehead atoms. The lowest BCUT2D eigenvalue weighted by molar-refractivity contribution is -0.166. The van der Waals surface area contributed by atoms with Crippen LogP contribution in [-0.4, -0.2) is 5.97 Å². The monoisotopic (exact) mass is 252 g/mol. The van der Waals surface area contributed by atoms with E-state index in [1.807, 2.05) is 60.7 Å². The van der Waals surface area contributed by atoms with Crippen LogP contribution < -0.4 is 0 Å². The molecule has 0 fully saturated rings. The Bertz CT molecular complexity index is 602. The molecule has 3 rings (SSSR count). The molecule has 0 N–H and O–H groups in total. The maximum atomic E-state index is 11.7. The van der Waals surface area contributed by atoms with Gasteiger partial charge in [0.2, 0.25) is 0 Å². The molecule has 2 aromatic carbocycles. The zero-order valence-corrected chi connectivity index (χ0v) is 10.2. The summed E-state index contributed by atoms with van der Waals surface area (Å²) in [5, 5.41) is 0. The Labute approximate surface area is 111 Å². The second-order valence-corrected chi connectivity index (χ2v) is 4.17. The van der Waals surface area contributed by atoms with Crippen molar-refractivity contribution in [3.05, 3.63) is 77.9 Å². The molecular weight excluding hydrogens is 240 g/mol. The molecule has 0 saturated carbocycles. The summed E-state index contributed by atoms with van der Waals surface area (Å²) in [5.41, 5.74) is 1.68. The summed E-state index contributed by atoms with van der Waals surface area (Å²) >= 11 is 0. The van der Waals surface area contributed by atoms with Gasteiger partial charge in [-0.25, -0.2) is 4.79 Å².